The number of halogens is 3. The van der Waals surface area contributed by atoms with E-state index in [0.29, 0.717) is 17.4 Å². The van der Waals surface area contributed by atoms with E-state index < -0.39 is 0 Å². The molecule has 3 rings (SSSR count). The maximum absolute atomic E-state index is 6.17. The van der Waals surface area contributed by atoms with E-state index in [1.54, 1.807) is 0 Å². The van der Waals surface area contributed by atoms with E-state index in [2.05, 4.69) is 45.3 Å². The standard InChI is InChI=1S/C19H23Cl3N4O/c1-3-27-15-10-13(5-4-12(15)2)11-26-8-6-14(7-9-26)23-18-16(20)17(21)24-19(22)25-18/h4-5,10,14H,3,6-9,11H2,1-2H3,(H,23,24,25). The summed E-state index contributed by atoms with van der Waals surface area (Å²) >= 11 is 18.0. The van der Waals surface area contributed by atoms with Crippen LogP contribution < -0.4 is 10.1 Å². The summed E-state index contributed by atoms with van der Waals surface area (Å²) in [5.41, 5.74) is 2.44. The van der Waals surface area contributed by atoms with Crippen molar-refractivity contribution in [1.29, 1.82) is 0 Å². The van der Waals surface area contributed by atoms with Crippen molar-refractivity contribution in [3.63, 3.8) is 0 Å². The third-order valence-corrected chi connectivity index (χ3v) is 5.57. The molecule has 1 saturated heterocycles. The van der Waals surface area contributed by atoms with Crippen LogP contribution in [0.5, 0.6) is 5.75 Å². The molecule has 0 atom stereocenters. The van der Waals surface area contributed by atoms with Crippen LogP contribution in [0.25, 0.3) is 0 Å². The molecule has 0 radical (unpaired) electrons. The predicted molar refractivity (Wildman–Crippen MR) is 111 cm³/mol. The van der Waals surface area contributed by atoms with Crippen LogP contribution in [0.1, 0.15) is 30.9 Å². The van der Waals surface area contributed by atoms with E-state index in [1.165, 1.54) is 11.1 Å². The van der Waals surface area contributed by atoms with Crippen molar-refractivity contribution >= 4 is 40.6 Å². The number of piperidine rings is 1. The zero-order valence-corrected chi connectivity index (χ0v) is 17.7. The first kappa shape index (κ1) is 20.5. The van der Waals surface area contributed by atoms with Gasteiger partial charge in [0.1, 0.15) is 10.8 Å². The largest absolute Gasteiger partial charge is 0.494 e. The number of aromatic nitrogens is 2. The lowest BCUT2D eigenvalue weighted by molar-refractivity contribution is 0.211. The number of nitrogens with one attached hydrogen (secondary N) is 1. The molecular formula is C19H23Cl3N4O. The van der Waals surface area contributed by atoms with Gasteiger partial charge in [-0.15, -0.1) is 0 Å². The number of hydrogen-bond acceptors (Lipinski definition) is 5. The fraction of sp³-hybridized carbons (Fsp3) is 0.474. The second-order valence-electron chi connectivity index (χ2n) is 6.67. The summed E-state index contributed by atoms with van der Waals surface area (Å²) in [5.74, 6) is 1.47. The van der Waals surface area contributed by atoms with Gasteiger partial charge in [0.15, 0.2) is 11.0 Å². The summed E-state index contributed by atoms with van der Waals surface area (Å²) in [4.78, 5) is 10.4. The first-order valence-electron chi connectivity index (χ1n) is 9.06. The molecule has 1 aromatic heterocycles. The van der Waals surface area contributed by atoms with Crippen molar-refractivity contribution in [1.82, 2.24) is 14.9 Å². The van der Waals surface area contributed by atoms with Crippen LogP contribution in [0.2, 0.25) is 15.5 Å². The lowest BCUT2D eigenvalue weighted by Gasteiger charge is -2.32. The van der Waals surface area contributed by atoms with Gasteiger partial charge in [0.2, 0.25) is 5.28 Å². The molecule has 0 bridgehead atoms. The molecule has 5 nitrogen and oxygen atoms in total. The normalized spacial score (nSPS) is 15.7. The van der Waals surface area contributed by atoms with Crippen molar-refractivity contribution in [3.8, 4) is 5.75 Å². The van der Waals surface area contributed by atoms with Crippen molar-refractivity contribution < 1.29 is 4.74 Å². The van der Waals surface area contributed by atoms with Crippen LogP contribution in [0.4, 0.5) is 5.82 Å². The van der Waals surface area contributed by atoms with E-state index >= 15 is 0 Å². The Balaban J connectivity index is 1.56. The van der Waals surface area contributed by atoms with Crippen LogP contribution in [0, 0.1) is 6.92 Å². The third kappa shape index (κ3) is 5.38. The van der Waals surface area contributed by atoms with Gasteiger partial charge < -0.3 is 10.1 Å². The van der Waals surface area contributed by atoms with Gasteiger partial charge in [-0.05, 0) is 55.5 Å². The molecule has 1 aromatic carbocycles. The molecule has 1 aliphatic heterocycles. The quantitative estimate of drug-likeness (QED) is 0.504. The number of likely N-dealkylation sites (tertiary alicyclic amines) is 1. The second-order valence-corrected chi connectivity index (χ2v) is 7.75. The molecule has 0 saturated carbocycles. The van der Waals surface area contributed by atoms with Crippen molar-refractivity contribution in [2.24, 2.45) is 0 Å². The minimum Gasteiger partial charge on any atom is -0.494 e. The van der Waals surface area contributed by atoms with Gasteiger partial charge in [-0.3, -0.25) is 4.90 Å². The zero-order valence-electron chi connectivity index (χ0n) is 15.4. The molecule has 146 valence electrons. The Hall–Kier alpha value is -1.27. The Kier molecular flexibility index (Phi) is 7.04. The number of anilines is 1. The monoisotopic (exact) mass is 428 g/mol. The van der Waals surface area contributed by atoms with Gasteiger partial charge in [0.05, 0.1) is 6.61 Å². The lowest BCUT2D eigenvalue weighted by Crippen LogP contribution is -2.38. The maximum Gasteiger partial charge on any atom is 0.225 e. The fourth-order valence-electron chi connectivity index (χ4n) is 3.23. The van der Waals surface area contributed by atoms with Crippen molar-refractivity contribution in [2.45, 2.75) is 39.3 Å². The van der Waals surface area contributed by atoms with Gasteiger partial charge in [-0.25, -0.2) is 4.98 Å². The Morgan fingerprint density at radius 3 is 2.63 bits per heavy atom. The van der Waals surface area contributed by atoms with E-state index in [0.717, 1.165) is 38.2 Å². The molecular weight excluding hydrogens is 407 g/mol. The molecule has 1 fully saturated rings. The minimum absolute atomic E-state index is 0.0915. The van der Waals surface area contributed by atoms with Crippen LogP contribution >= 0.6 is 34.8 Å². The highest BCUT2D eigenvalue weighted by atomic mass is 35.5. The second kappa shape index (κ2) is 9.28. The van der Waals surface area contributed by atoms with Gasteiger partial charge in [0, 0.05) is 25.7 Å². The van der Waals surface area contributed by atoms with Crippen LogP contribution in [-0.2, 0) is 6.54 Å². The Morgan fingerprint density at radius 1 is 1.19 bits per heavy atom. The number of nitrogens with zero attached hydrogens (tertiary/aromatic N) is 3. The molecule has 8 heteroatoms. The molecule has 0 aliphatic carbocycles. The van der Waals surface area contributed by atoms with E-state index in [4.69, 9.17) is 39.5 Å². The SMILES string of the molecule is CCOc1cc(CN2CCC(Nc3nc(Cl)nc(Cl)c3Cl)CC2)ccc1C. The van der Waals surface area contributed by atoms with Gasteiger partial charge in [-0.1, -0.05) is 35.3 Å². The first-order valence-corrected chi connectivity index (χ1v) is 10.2. The number of aryl methyl sites for hydroxylation is 1. The van der Waals surface area contributed by atoms with Crippen LogP contribution in [0.3, 0.4) is 0 Å². The highest BCUT2D eigenvalue weighted by Gasteiger charge is 2.21. The first-order chi connectivity index (χ1) is 13.0. The Morgan fingerprint density at radius 2 is 1.93 bits per heavy atom. The molecule has 2 heterocycles. The maximum atomic E-state index is 6.17. The van der Waals surface area contributed by atoms with Crippen molar-refractivity contribution in [2.75, 3.05) is 25.0 Å². The van der Waals surface area contributed by atoms with Gasteiger partial charge in [0.25, 0.3) is 0 Å². The summed E-state index contributed by atoms with van der Waals surface area (Å²) in [6.45, 7) is 7.65. The zero-order chi connectivity index (χ0) is 19.4. The summed E-state index contributed by atoms with van der Waals surface area (Å²) in [6.07, 6.45) is 1.97. The third-order valence-electron chi connectivity index (χ3n) is 4.67. The highest BCUT2D eigenvalue weighted by molar-refractivity contribution is 6.43. The van der Waals surface area contributed by atoms with E-state index in [-0.39, 0.29) is 16.5 Å². The molecule has 1 N–H and O–H groups in total. The van der Waals surface area contributed by atoms with Gasteiger partial charge >= 0.3 is 0 Å². The molecule has 2 aromatic rings. The van der Waals surface area contributed by atoms with Crippen LogP contribution in [-0.4, -0.2) is 40.6 Å². The van der Waals surface area contributed by atoms with Crippen LogP contribution in [0.15, 0.2) is 18.2 Å². The van der Waals surface area contributed by atoms with E-state index in [9.17, 15) is 0 Å². The van der Waals surface area contributed by atoms with Gasteiger partial charge in [-0.2, -0.15) is 4.98 Å². The van der Waals surface area contributed by atoms with E-state index in [1.807, 2.05) is 6.92 Å². The Labute approximate surface area is 175 Å². The predicted octanol–water partition coefficient (Wildman–Crippen LogP) is 5.22. The lowest BCUT2D eigenvalue weighted by atomic mass is 10.0. The molecule has 27 heavy (non-hydrogen) atoms. The number of benzene rings is 1. The molecule has 0 amide bonds. The highest BCUT2D eigenvalue weighted by Crippen LogP contribution is 2.30. The summed E-state index contributed by atoms with van der Waals surface area (Å²) < 4.78 is 5.71. The fourth-order valence-corrected chi connectivity index (χ4v) is 3.75. The Bertz CT molecular complexity index is 795. The molecule has 1 aliphatic rings. The molecule has 0 spiro atoms. The minimum atomic E-state index is 0.0915. The smallest absolute Gasteiger partial charge is 0.225 e. The van der Waals surface area contributed by atoms with Crippen molar-refractivity contribution in [3.05, 3.63) is 44.8 Å². The average Bonchev–Trinajstić information content (AvgIpc) is 2.64. The summed E-state index contributed by atoms with van der Waals surface area (Å²) in [7, 11) is 0. The number of ether oxygens (including phenoxy) is 1. The summed E-state index contributed by atoms with van der Waals surface area (Å²) in [5, 5.41) is 3.92. The topological polar surface area (TPSA) is 50.3 Å². The summed E-state index contributed by atoms with van der Waals surface area (Å²) in [6, 6.07) is 6.72. The number of hydrogen-bond donors (Lipinski definition) is 1. The molecule has 0 unspecified atom stereocenters. The number of rotatable bonds is 6. The average molecular weight is 430 g/mol.